The van der Waals surface area contributed by atoms with Crippen LogP contribution in [0, 0.1) is 0 Å². The lowest BCUT2D eigenvalue weighted by Gasteiger charge is -2.19. The third kappa shape index (κ3) is 4.47. The van der Waals surface area contributed by atoms with Crippen LogP contribution in [0.15, 0.2) is 54.8 Å². The molecule has 0 bridgehead atoms. The van der Waals surface area contributed by atoms with Crippen molar-refractivity contribution in [2.75, 3.05) is 6.54 Å². The average molecular weight is 444 g/mol. The second-order valence-corrected chi connectivity index (χ2v) is 7.33. The van der Waals surface area contributed by atoms with Crippen molar-refractivity contribution in [1.82, 2.24) is 24.9 Å². The number of hydrogen-bond donors (Lipinski definition) is 2. The number of allylic oxidation sites excluding steroid dienone is 1. The van der Waals surface area contributed by atoms with Crippen LogP contribution in [-0.2, 0) is 16.8 Å². The summed E-state index contributed by atoms with van der Waals surface area (Å²) in [5, 5.41) is 11.9. The molecule has 2 aromatic heterocycles. The number of amides is 1. The minimum Gasteiger partial charge on any atom is -0.349 e. The van der Waals surface area contributed by atoms with E-state index in [0.717, 1.165) is 11.8 Å². The summed E-state index contributed by atoms with van der Waals surface area (Å²) >= 11 is 0. The second kappa shape index (κ2) is 9.18. The molecule has 1 unspecified atom stereocenters. The highest BCUT2D eigenvalue weighted by atomic mass is 19.3. The Bertz CT molecular complexity index is 1180. The van der Waals surface area contributed by atoms with Gasteiger partial charge < -0.3 is 11.1 Å². The van der Waals surface area contributed by atoms with Crippen molar-refractivity contribution in [2.24, 2.45) is 12.8 Å². The van der Waals surface area contributed by atoms with Gasteiger partial charge in [-0.25, -0.2) is 4.68 Å². The molecule has 4 rings (SSSR count). The van der Waals surface area contributed by atoms with Crippen LogP contribution >= 0.6 is 0 Å². The van der Waals surface area contributed by atoms with Crippen molar-refractivity contribution in [2.45, 2.75) is 25.4 Å². The van der Waals surface area contributed by atoms with Crippen LogP contribution in [0.5, 0.6) is 0 Å². The summed E-state index contributed by atoms with van der Waals surface area (Å²) in [5.74, 6) is -0.524. The van der Waals surface area contributed by atoms with Crippen molar-refractivity contribution < 1.29 is 23.4 Å². The van der Waals surface area contributed by atoms with Crippen LogP contribution in [0.1, 0.15) is 29.7 Å². The van der Waals surface area contributed by atoms with E-state index in [9.17, 15) is 13.6 Å². The van der Waals surface area contributed by atoms with Gasteiger partial charge in [-0.2, -0.15) is 19.0 Å². The Kier molecular flexibility index (Phi) is 6.17. The van der Waals surface area contributed by atoms with Gasteiger partial charge >= 0.3 is 6.55 Å². The maximum Gasteiger partial charge on any atom is 0.333 e. The van der Waals surface area contributed by atoms with Gasteiger partial charge in [0.2, 0.25) is 0 Å². The Morgan fingerprint density at radius 1 is 1.25 bits per heavy atom. The molecule has 9 nitrogen and oxygen atoms in total. The van der Waals surface area contributed by atoms with E-state index in [1.807, 2.05) is 0 Å². The lowest BCUT2D eigenvalue weighted by molar-refractivity contribution is -0.199. The first-order valence-electron chi connectivity index (χ1n) is 9.95. The Balaban J connectivity index is 1.68. The molecule has 3 heterocycles. The molecule has 0 saturated heterocycles. The Labute approximate surface area is 182 Å². The molecule has 32 heavy (non-hydrogen) atoms. The number of alkyl halides is 2. The number of aromatic nitrogens is 4. The van der Waals surface area contributed by atoms with E-state index in [-0.39, 0.29) is 17.3 Å². The van der Waals surface area contributed by atoms with Crippen molar-refractivity contribution in [1.29, 1.82) is 0 Å². The Morgan fingerprint density at radius 2 is 2.09 bits per heavy atom. The van der Waals surface area contributed by atoms with E-state index < -0.39 is 12.5 Å². The second-order valence-electron chi connectivity index (χ2n) is 7.33. The van der Waals surface area contributed by atoms with Crippen molar-refractivity contribution >= 4 is 16.8 Å². The molecule has 3 aromatic rings. The Morgan fingerprint density at radius 3 is 2.81 bits per heavy atom. The number of nitrogens with zero attached hydrogens (tertiary/aromatic N) is 4. The monoisotopic (exact) mass is 444 g/mol. The van der Waals surface area contributed by atoms with Gasteiger partial charge in [-0.3, -0.25) is 19.3 Å². The largest absolute Gasteiger partial charge is 0.349 e. The lowest BCUT2D eigenvalue weighted by atomic mass is 10.0. The molecule has 0 fully saturated rings. The number of aryl methyl sites for hydroxylation is 1. The number of carbonyl (C=O) groups excluding carboxylic acids is 1. The minimum absolute atomic E-state index is 0.0384. The number of nitrogens with one attached hydrogen (secondary N) is 1. The quantitative estimate of drug-likeness (QED) is 0.517. The fraction of sp³-hybridized carbons (Fsp3) is 0.286. The zero-order valence-corrected chi connectivity index (χ0v) is 17.2. The predicted molar refractivity (Wildman–Crippen MR) is 112 cm³/mol. The van der Waals surface area contributed by atoms with Gasteiger partial charge in [0.15, 0.2) is 0 Å². The van der Waals surface area contributed by atoms with Gasteiger partial charge in [-0.15, -0.1) is 0 Å². The molecule has 1 atom stereocenters. The van der Waals surface area contributed by atoms with Gasteiger partial charge in [-0.1, -0.05) is 12.1 Å². The SMILES string of the molecule is Cn1cc2c(-c3nn(C(F)F)cc3C(=O)NC(CCN)CC3=COOC=C3)cccc2n1. The first-order chi connectivity index (χ1) is 15.5. The number of carbonyl (C=O) groups is 1. The molecule has 0 saturated carbocycles. The van der Waals surface area contributed by atoms with Crippen molar-refractivity contribution in [3.63, 3.8) is 0 Å². The summed E-state index contributed by atoms with van der Waals surface area (Å²) in [6, 6.07) is 4.93. The summed E-state index contributed by atoms with van der Waals surface area (Å²) < 4.78 is 29.0. The fourth-order valence-electron chi connectivity index (χ4n) is 3.59. The summed E-state index contributed by atoms with van der Waals surface area (Å²) in [5.41, 5.74) is 7.90. The normalized spacial score (nSPS) is 14.2. The van der Waals surface area contributed by atoms with Crippen LogP contribution in [0.2, 0.25) is 0 Å². The maximum absolute atomic E-state index is 13.4. The molecule has 3 N–H and O–H groups in total. The lowest BCUT2D eigenvalue weighted by Crippen LogP contribution is -2.36. The van der Waals surface area contributed by atoms with Gasteiger partial charge in [-0.05, 0) is 37.1 Å². The fourth-order valence-corrected chi connectivity index (χ4v) is 3.59. The number of fused-ring (bicyclic) bond motifs is 1. The molecule has 1 amide bonds. The third-order valence-electron chi connectivity index (χ3n) is 5.02. The van der Waals surface area contributed by atoms with E-state index >= 15 is 0 Å². The molecule has 0 radical (unpaired) electrons. The van der Waals surface area contributed by atoms with Crippen LogP contribution < -0.4 is 11.1 Å². The summed E-state index contributed by atoms with van der Waals surface area (Å²) in [7, 11) is 1.76. The van der Waals surface area contributed by atoms with E-state index in [2.05, 4.69) is 20.4 Å². The number of hydrogen-bond acceptors (Lipinski definition) is 6. The molecule has 0 spiro atoms. The molecule has 11 heteroatoms. The van der Waals surface area contributed by atoms with E-state index in [1.54, 1.807) is 42.2 Å². The smallest absolute Gasteiger partial charge is 0.333 e. The van der Waals surface area contributed by atoms with Crippen molar-refractivity contribution in [3.8, 4) is 11.3 Å². The van der Waals surface area contributed by atoms with Gasteiger partial charge in [0.1, 0.15) is 18.2 Å². The molecule has 168 valence electrons. The number of halogens is 2. The van der Waals surface area contributed by atoms with E-state index in [0.29, 0.717) is 40.5 Å². The highest BCUT2D eigenvalue weighted by Crippen LogP contribution is 2.31. The third-order valence-corrected chi connectivity index (χ3v) is 5.02. The minimum atomic E-state index is -2.89. The Hall–Kier alpha value is -3.73. The number of benzene rings is 1. The molecule has 0 aliphatic carbocycles. The van der Waals surface area contributed by atoms with Crippen LogP contribution in [0.25, 0.3) is 22.2 Å². The number of rotatable bonds is 8. The van der Waals surface area contributed by atoms with Gasteiger partial charge in [0, 0.05) is 36.4 Å². The molecular weight excluding hydrogens is 422 g/mol. The highest BCUT2D eigenvalue weighted by molar-refractivity contribution is 6.04. The van der Waals surface area contributed by atoms with Crippen LogP contribution in [0.4, 0.5) is 8.78 Å². The molecular formula is C21H22F2N6O3. The standard InChI is InChI=1S/C21H22F2N6O3/c1-28-10-16-15(3-2-4-18(16)26-28)19-17(11-29(27-19)21(22)23)20(30)25-14(5-7-24)9-13-6-8-31-32-12-13/h2-4,6,8,10-12,14,21H,5,7,9,24H2,1H3,(H,25,30). The van der Waals surface area contributed by atoms with Crippen LogP contribution in [0.3, 0.4) is 0 Å². The van der Waals surface area contributed by atoms with Crippen LogP contribution in [-0.4, -0.2) is 38.1 Å². The summed E-state index contributed by atoms with van der Waals surface area (Å²) in [6.45, 7) is -2.56. The molecule has 1 aliphatic heterocycles. The molecule has 1 aliphatic rings. The predicted octanol–water partition coefficient (Wildman–Crippen LogP) is 3.03. The van der Waals surface area contributed by atoms with E-state index in [1.165, 1.54) is 12.5 Å². The summed E-state index contributed by atoms with van der Waals surface area (Å²) in [4.78, 5) is 22.6. The molecule has 1 aromatic carbocycles. The number of nitrogens with two attached hydrogens (primary N) is 1. The topological polar surface area (TPSA) is 109 Å². The zero-order valence-electron chi connectivity index (χ0n) is 17.2. The van der Waals surface area contributed by atoms with Crippen molar-refractivity contribution in [3.05, 3.63) is 60.3 Å². The highest BCUT2D eigenvalue weighted by Gasteiger charge is 2.24. The zero-order chi connectivity index (χ0) is 22.7. The van der Waals surface area contributed by atoms with E-state index in [4.69, 9.17) is 10.6 Å². The maximum atomic E-state index is 13.4. The first kappa shape index (κ1) is 21.5. The summed E-state index contributed by atoms with van der Waals surface area (Å²) in [6.07, 6.45) is 8.25. The average Bonchev–Trinajstić information content (AvgIpc) is 3.37. The van der Waals surface area contributed by atoms with Gasteiger partial charge in [0.25, 0.3) is 5.91 Å². The first-order valence-corrected chi connectivity index (χ1v) is 9.95. The van der Waals surface area contributed by atoms with Gasteiger partial charge in [0.05, 0.1) is 11.1 Å².